The number of benzene rings is 3. The molecule has 272 valence electrons. The minimum absolute atomic E-state index is 0.00517. The van der Waals surface area contributed by atoms with E-state index in [9.17, 15) is 27.2 Å². The lowest BCUT2D eigenvalue weighted by molar-refractivity contribution is -0.170. The molecule has 3 aromatic carbocycles. The van der Waals surface area contributed by atoms with Crippen LogP contribution in [0.1, 0.15) is 33.3 Å². The van der Waals surface area contributed by atoms with E-state index in [2.05, 4.69) is 15.4 Å². The Bertz CT molecular complexity index is 2210. The smallest absolute Gasteiger partial charge is 0.424 e. The van der Waals surface area contributed by atoms with Crippen LogP contribution in [0, 0.1) is 17.7 Å². The number of methoxy groups -OCH3 is 1. The fourth-order valence-corrected chi connectivity index (χ4v) is 5.63. The second-order valence-electron chi connectivity index (χ2n) is 12.4. The Kier molecular flexibility index (Phi) is 11.2. The fraction of sp³-hybridized carbons (Fsp3) is 0.270. The molecule has 2 atom stereocenters. The molecule has 0 saturated carbocycles. The summed E-state index contributed by atoms with van der Waals surface area (Å²) in [6, 6.07) is 20.3. The van der Waals surface area contributed by atoms with Gasteiger partial charge < -0.3 is 19.5 Å². The fourth-order valence-electron chi connectivity index (χ4n) is 5.00. The van der Waals surface area contributed by atoms with Crippen molar-refractivity contribution >= 4 is 50.8 Å². The third kappa shape index (κ3) is 8.90. The number of ether oxygens (including phenoxy) is 3. The van der Waals surface area contributed by atoms with Crippen LogP contribution in [0.5, 0.6) is 5.75 Å². The number of anilines is 3. The van der Waals surface area contributed by atoms with Crippen LogP contribution in [-0.2, 0) is 35.3 Å². The number of hydrogen-bond acceptors (Lipinski definition) is 10. The van der Waals surface area contributed by atoms with Gasteiger partial charge in [-0.1, -0.05) is 45.0 Å². The average Bonchev–Trinajstić information content (AvgIpc) is 3.51. The number of aromatic nitrogens is 3. The lowest BCUT2D eigenvalue weighted by atomic mass is 9.99. The van der Waals surface area contributed by atoms with Crippen LogP contribution in [0.2, 0.25) is 0 Å². The Morgan fingerprint density at radius 1 is 0.904 bits per heavy atom. The van der Waals surface area contributed by atoms with Crippen molar-refractivity contribution in [3.05, 3.63) is 96.4 Å². The molecule has 0 radical (unpaired) electrons. The molecule has 0 spiro atoms. The van der Waals surface area contributed by atoms with Crippen LogP contribution < -0.4 is 15.0 Å². The van der Waals surface area contributed by atoms with Crippen molar-refractivity contribution in [2.24, 2.45) is 11.8 Å². The molecule has 0 fully saturated rings. The summed E-state index contributed by atoms with van der Waals surface area (Å²) in [6.07, 6.45) is 0.523. The first-order valence-corrected chi connectivity index (χ1v) is 18.1. The van der Waals surface area contributed by atoms with E-state index in [1.54, 1.807) is 49.5 Å². The van der Waals surface area contributed by atoms with E-state index in [4.69, 9.17) is 14.2 Å². The number of sulfone groups is 1. The topological polar surface area (TPSA) is 158 Å². The number of esters is 1. The molecule has 13 nitrogen and oxygen atoms in total. The van der Waals surface area contributed by atoms with E-state index >= 15 is 0 Å². The molecule has 2 aromatic heterocycles. The van der Waals surface area contributed by atoms with Gasteiger partial charge in [-0.25, -0.2) is 27.0 Å². The van der Waals surface area contributed by atoms with Gasteiger partial charge in [0, 0.05) is 36.7 Å². The molecule has 5 rings (SSSR count). The Morgan fingerprint density at radius 3 is 2.21 bits per heavy atom. The monoisotopic (exact) mass is 731 g/mol. The van der Waals surface area contributed by atoms with Crippen LogP contribution in [0.25, 0.3) is 16.8 Å². The maximum absolute atomic E-state index is 13.8. The highest BCUT2D eigenvalue weighted by atomic mass is 32.2. The molecule has 1 unspecified atom stereocenters. The molecule has 1 N–H and O–H groups in total. The number of pyridine rings is 1. The van der Waals surface area contributed by atoms with Crippen molar-refractivity contribution < 1.29 is 41.4 Å². The summed E-state index contributed by atoms with van der Waals surface area (Å²) in [5.74, 6) is -1.74. The number of carbonyl (C=O) groups excluding carboxylic acids is 3. The van der Waals surface area contributed by atoms with Crippen molar-refractivity contribution in [1.82, 2.24) is 14.6 Å². The number of hydrogen-bond donors (Lipinski definition) is 1. The predicted octanol–water partition coefficient (Wildman–Crippen LogP) is 6.58. The maximum atomic E-state index is 13.8. The first-order valence-electron chi connectivity index (χ1n) is 16.2. The summed E-state index contributed by atoms with van der Waals surface area (Å²) in [6.45, 7) is 6.84. The van der Waals surface area contributed by atoms with Gasteiger partial charge in [-0.3, -0.25) is 9.59 Å². The van der Waals surface area contributed by atoms with E-state index in [-0.39, 0.29) is 46.3 Å². The van der Waals surface area contributed by atoms with E-state index in [1.807, 2.05) is 26.0 Å². The van der Waals surface area contributed by atoms with Gasteiger partial charge in [-0.2, -0.15) is 4.98 Å². The van der Waals surface area contributed by atoms with Gasteiger partial charge in [0.2, 0.25) is 12.2 Å². The highest BCUT2D eigenvalue weighted by Crippen LogP contribution is 2.36. The molecule has 2 heterocycles. The van der Waals surface area contributed by atoms with Crippen molar-refractivity contribution in [3.8, 4) is 16.9 Å². The number of rotatable bonds is 12. The SMILES string of the molecule is COc1cc(S(C)(=O)=O)ccc1N(C(=O)OC(C)OC(=O)[C@@H](C)C(C)C)c1nc2ccc(-c3ccc(NC(=O)Cc4ccc(F)cc4)cc3)cn2n1. The Labute approximate surface area is 300 Å². The molecule has 0 aliphatic rings. The summed E-state index contributed by atoms with van der Waals surface area (Å²) in [7, 11) is -2.31. The van der Waals surface area contributed by atoms with Gasteiger partial charge in [0.25, 0.3) is 5.95 Å². The molecule has 2 amide bonds. The Morgan fingerprint density at radius 2 is 1.58 bits per heavy atom. The molecular formula is C37H38FN5O8S. The number of halogens is 1. The third-order valence-electron chi connectivity index (χ3n) is 8.22. The molecule has 0 saturated heterocycles. The zero-order valence-electron chi connectivity index (χ0n) is 29.4. The number of carbonyl (C=O) groups is 3. The van der Waals surface area contributed by atoms with Crippen molar-refractivity contribution in [1.29, 1.82) is 0 Å². The minimum atomic E-state index is -3.62. The van der Waals surface area contributed by atoms with Crippen LogP contribution >= 0.6 is 0 Å². The molecular weight excluding hydrogens is 693 g/mol. The van der Waals surface area contributed by atoms with Crippen molar-refractivity contribution in [2.75, 3.05) is 23.6 Å². The lowest BCUT2D eigenvalue weighted by Crippen LogP contribution is -2.34. The summed E-state index contributed by atoms with van der Waals surface area (Å²) in [5.41, 5.74) is 3.21. The standard InChI is InChI=1S/C37H38FN5O8S/c1-22(2)23(3)35(45)50-24(4)51-37(46)43(31-17-16-30(52(6,47)48)20-32(31)49-5)36-40-33-18-11-27(21-42(33)41-36)26-9-14-29(15-10-26)39-34(44)19-25-7-12-28(38)13-8-25/h7-18,20-24H,19H2,1-6H3,(H,39,44)/t23-,24?/m0/s1. The highest BCUT2D eigenvalue weighted by molar-refractivity contribution is 7.90. The first-order chi connectivity index (χ1) is 24.6. The Balaban J connectivity index is 1.42. The largest absolute Gasteiger partial charge is 0.495 e. The second kappa shape index (κ2) is 15.6. The first kappa shape index (κ1) is 37.4. The molecule has 52 heavy (non-hydrogen) atoms. The summed E-state index contributed by atoms with van der Waals surface area (Å²) >= 11 is 0. The normalized spacial score (nSPS) is 12.6. The zero-order valence-corrected chi connectivity index (χ0v) is 30.2. The van der Waals surface area contributed by atoms with Crippen molar-refractivity contribution in [3.63, 3.8) is 0 Å². The van der Waals surface area contributed by atoms with E-state index < -0.39 is 34.1 Å². The van der Waals surface area contributed by atoms with Gasteiger partial charge >= 0.3 is 12.1 Å². The Hall–Kier alpha value is -5.83. The third-order valence-corrected chi connectivity index (χ3v) is 9.33. The molecule has 5 aromatic rings. The molecule has 15 heteroatoms. The second-order valence-corrected chi connectivity index (χ2v) is 14.4. The van der Waals surface area contributed by atoms with Gasteiger partial charge in [0.05, 0.1) is 30.0 Å². The van der Waals surface area contributed by atoms with Gasteiger partial charge in [0.15, 0.2) is 15.5 Å². The quantitative estimate of drug-likeness (QED) is 0.110. The summed E-state index contributed by atoms with van der Waals surface area (Å²) in [5, 5.41) is 7.36. The zero-order chi connectivity index (χ0) is 37.7. The highest BCUT2D eigenvalue weighted by Gasteiger charge is 2.31. The van der Waals surface area contributed by atoms with Crippen LogP contribution in [-0.4, -0.2) is 60.6 Å². The molecule has 0 aliphatic carbocycles. The van der Waals surface area contributed by atoms with Crippen molar-refractivity contribution in [2.45, 2.75) is 45.3 Å². The van der Waals surface area contributed by atoms with Gasteiger partial charge in [-0.05, 0) is 65.6 Å². The van der Waals surface area contributed by atoms with E-state index in [0.29, 0.717) is 16.9 Å². The van der Waals surface area contributed by atoms with Gasteiger partial charge in [-0.15, -0.1) is 5.10 Å². The lowest BCUT2D eigenvalue weighted by Gasteiger charge is -2.24. The van der Waals surface area contributed by atoms with E-state index in [1.165, 1.54) is 48.9 Å². The number of fused-ring (bicyclic) bond motifs is 1. The summed E-state index contributed by atoms with van der Waals surface area (Å²) < 4.78 is 55.6. The molecule has 0 aliphatic heterocycles. The van der Waals surface area contributed by atoms with Crippen LogP contribution in [0.3, 0.4) is 0 Å². The number of amides is 2. The number of nitrogens with one attached hydrogen (secondary N) is 1. The van der Waals surface area contributed by atoms with Crippen LogP contribution in [0.15, 0.2) is 90.0 Å². The van der Waals surface area contributed by atoms with Gasteiger partial charge in [0.1, 0.15) is 11.6 Å². The number of nitrogens with zero attached hydrogens (tertiary/aromatic N) is 4. The maximum Gasteiger partial charge on any atom is 0.424 e. The summed E-state index contributed by atoms with van der Waals surface area (Å²) in [4.78, 5) is 44.3. The minimum Gasteiger partial charge on any atom is -0.495 e. The molecule has 0 bridgehead atoms. The van der Waals surface area contributed by atoms with E-state index in [0.717, 1.165) is 22.3 Å². The predicted molar refractivity (Wildman–Crippen MR) is 191 cm³/mol. The van der Waals surface area contributed by atoms with Crippen LogP contribution in [0.4, 0.5) is 26.5 Å². The average molecular weight is 732 g/mol.